The normalized spacial score (nSPS) is 20.8. The van der Waals surface area contributed by atoms with E-state index in [9.17, 15) is 4.79 Å². The van der Waals surface area contributed by atoms with E-state index < -0.39 is 6.04 Å². The van der Waals surface area contributed by atoms with Crippen LogP contribution in [0.5, 0.6) is 0 Å². The Morgan fingerprint density at radius 1 is 1.54 bits per heavy atom. The Balaban J connectivity index is 2.42. The predicted octanol–water partition coefficient (Wildman–Crippen LogP) is 1.27. The van der Waals surface area contributed by atoms with E-state index in [1.54, 1.807) is 0 Å². The number of benzene rings is 1. The third-order valence-electron chi connectivity index (χ3n) is 2.10. The molecule has 4 heteroatoms. The first-order valence-corrected chi connectivity index (χ1v) is 4.81. The molecule has 0 aliphatic carbocycles. The number of carbonyl (C=O) groups is 1. The summed E-state index contributed by atoms with van der Waals surface area (Å²) in [5, 5.41) is 2.75. The van der Waals surface area contributed by atoms with Gasteiger partial charge < -0.3 is 11.1 Å². The molecule has 0 bridgehead atoms. The van der Waals surface area contributed by atoms with Crippen LogP contribution in [0.4, 0.5) is 5.69 Å². The van der Waals surface area contributed by atoms with Gasteiger partial charge in [-0.2, -0.15) is 0 Å². The van der Waals surface area contributed by atoms with Crippen molar-refractivity contribution in [3.05, 3.63) is 28.2 Å². The molecule has 1 aliphatic heterocycles. The van der Waals surface area contributed by atoms with Crippen molar-refractivity contribution in [1.29, 1.82) is 0 Å². The number of carbonyl (C=O) groups excluding carboxylic acids is 1. The highest BCUT2D eigenvalue weighted by atomic mass is 79.9. The van der Waals surface area contributed by atoms with Crippen LogP contribution in [0.1, 0.15) is 5.56 Å². The molecule has 0 saturated heterocycles. The zero-order valence-corrected chi connectivity index (χ0v) is 8.47. The zero-order chi connectivity index (χ0) is 9.42. The van der Waals surface area contributed by atoms with E-state index in [0.717, 1.165) is 15.7 Å². The van der Waals surface area contributed by atoms with Gasteiger partial charge in [-0.05, 0) is 30.2 Å². The van der Waals surface area contributed by atoms with E-state index in [0.29, 0.717) is 6.42 Å². The molecular weight excluding hydrogens is 232 g/mol. The number of hydrogen-bond donors (Lipinski definition) is 2. The lowest BCUT2D eigenvalue weighted by Crippen LogP contribution is -2.40. The molecule has 1 atom stereocenters. The third-order valence-corrected chi connectivity index (χ3v) is 2.60. The lowest BCUT2D eigenvalue weighted by molar-refractivity contribution is -0.117. The van der Waals surface area contributed by atoms with Gasteiger partial charge in [0.2, 0.25) is 5.91 Å². The molecule has 13 heavy (non-hydrogen) atoms. The Bertz CT molecular complexity index is 365. The maximum absolute atomic E-state index is 11.2. The minimum atomic E-state index is -0.415. The highest BCUT2D eigenvalue weighted by molar-refractivity contribution is 9.10. The smallest absolute Gasteiger partial charge is 0.241 e. The summed E-state index contributed by atoms with van der Waals surface area (Å²) in [4.78, 5) is 11.2. The fourth-order valence-corrected chi connectivity index (χ4v) is 1.82. The van der Waals surface area contributed by atoms with Crippen molar-refractivity contribution < 1.29 is 4.79 Å². The van der Waals surface area contributed by atoms with E-state index in [1.165, 1.54) is 0 Å². The predicted molar refractivity (Wildman–Crippen MR) is 54.5 cm³/mol. The van der Waals surface area contributed by atoms with Crippen molar-refractivity contribution in [2.24, 2.45) is 5.73 Å². The van der Waals surface area contributed by atoms with Gasteiger partial charge in [-0.3, -0.25) is 4.79 Å². The molecule has 1 aromatic rings. The molecular formula is C9H9BrN2O. The second-order valence-corrected chi connectivity index (χ2v) is 4.02. The molecule has 1 heterocycles. The van der Waals surface area contributed by atoms with Crippen molar-refractivity contribution in [1.82, 2.24) is 0 Å². The van der Waals surface area contributed by atoms with Gasteiger partial charge in [0, 0.05) is 10.2 Å². The summed E-state index contributed by atoms with van der Waals surface area (Å²) in [7, 11) is 0. The van der Waals surface area contributed by atoms with Crippen LogP contribution < -0.4 is 11.1 Å². The maximum Gasteiger partial charge on any atom is 0.241 e. The van der Waals surface area contributed by atoms with Gasteiger partial charge in [0.1, 0.15) is 0 Å². The lowest BCUT2D eigenvalue weighted by atomic mass is 10.00. The van der Waals surface area contributed by atoms with E-state index in [2.05, 4.69) is 21.2 Å². The number of rotatable bonds is 0. The van der Waals surface area contributed by atoms with Crippen molar-refractivity contribution in [3.63, 3.8) is 0 Å². The molecule has 1 aliphatic rings. The van der Waals surface area contributed by atoms with Crippen LogP contribution in [0.25, 0.3) is 0 Å². The Morgan fingerprint density at radius 2 is 2.31 bits per heavy atom. The number of halogens is 1. The summed E-state index contributed by atoms with van der Waals surface area (Å²) in [5.41, 5.74) is 7.57. The van der Waals surface area contributed by atoms with Gasteiger partial charge in [0.25, 0.3) is 0 Å². The van der Waals surface area contributed by atoms with Crippen LogP contribution in [0.15, 0.2) is 22.7 Å². The summed E-state index contributed by atoms with van der Waals surface area (Å²) in [6.07, 6.45) is 0.612. The van der Waals surface area contributed by atoms with Crippen LogP contribution >= 0.6 is 15.9 Å². The minimum Gasteiger partial charge on any atom is -0.324 e. The second-order valence-electron chi connectivity index (χ2n) is 3.10. The van der Waals surface area contributed by atoms with Crippen molar-refractivity contribution in [2.75, 3.05) is 5.32 Å². The fraction of sp³-hybridized carbons (Fsp3) is 0.222. The average Bonchev–Trinajstić information content (AvgIpc) is 2.08. The van der Waals surface area contributed by atoms with Crippen LogP contribution in [-0.4, -0.2) is 11.9 Å². The van der Waals surface area contributed by atoms with E-state index >= 15 is 0 Å². The average molecular weight is 241 g/mol. The number of hydrogen-bond acceptors (Lipinski definition) is 2. The summed E-state index contributed by atoms with van der Waals surface area (Å²) in [6.45, 7) is 0. The quantitative estimate of drug-likeness (QED) is 0.718. The first kappa shape index (κ1) is 8.72. The van der Waals surface area contributed by atoms with Gasteiger partial charge in [-0.15, -0.1) is 0 Å². The highest BCUT2D eigenvalue weighted by Crippen LogP contribution is 2.25. The summed E-state index contributed by atoms with van der Waals surface area (Å²) in [5.74, 6) is -0.102. The number of amides is 1. The molecule has 0 spiro atoms. The Labute approximate surface area is 84.4 Å². The largest absolute Gasteiger partial charge is 0.324 e. The van der Waals surface area contributed by atoms with Crippen molar-refractivity contribution in [2.45, 2.75) is 12.5 Å². The molecule has 0 fully saturated rings. The highest BCUT2D eigenvalue weighted by Gasteiger charge is 2.22. The third kappa shape index (κ3) is 1.59. The monoisotopic (exact) mass is 240 g/mol. The molecule has 68 valence electrons. The fourth-order valence-electron chi connectivity index (χ4n) is 1.41. The van der Waals surface area contributed by atoms with Crippen molar-refractivity contribution >= 4 is 27.5 Å². The van der Waals surface area contributed by atoms with Gasteiger partial charge in [-0.25, -0.2) is 0 Å². The summed E-state index contributed by atoms with van der Waals surface area (Å²) < 4.78 is 1.01. The van der Waals surface area contributed by atoms with Gasteiger partial charge >= 0.3 is 0 Å². The molecule has 0 saturated carbocycles. The Morgan fingerprint density at radius 3 is 3.08 bits per heavy atom. The first-order valence-electron chi connectivity index (χ1n) is 4.01. The van der Waals surface area contributed by atoms with Crippen LogP contribution in [0.2, 0.25) is 0 Å². The van der Waals surface area contributed by atoms with Crippen LogP contribution in [-0.2, 0) is 11.2 Å². The van der Waals surface area contributed by atoms with Gasteiger partial charge in [0.05, 0.1) is 6.04 Å². The first-order chi connectivity index (χ1) is 6.16. The SMILES string of the molecule is N[C@H]1Cc2cc(Br)ccc2NC1=O. The molecule has 0 unspecified atom stereocenters. The Hall–Kier alpha value is -0.870. The number of fused-ring (bicyclic) bond motifs is 1. The summed E-state index contributed by atoms with van der Waals surface area (Å²) >= 11 is 3.37. The lowest BCUT2D eigenvalue weighted by Gasteiger charge is -2.21. The molecule has 0 aromatic heterocycles. The van der Waals surface area contributed by atoms with Crippen LogP contribution in [0, 0.1) is 0 Å². The van der Waals surface area contributed by atoms with Gasteiger partial charge in [0.15, 0.2) is 0 Å². The van der Waals surface area contributed by atoms with Crippen molar-refractivity contribution in [3.8, 4) is 0 Å². The van der Waals surface area contributed by atoms with E-state index in [4.69, 9.17) is 5.73 Å². The molecule has 3 nitrogen and oxygen atoms in total. The number of nitrogens with one attached hydrogen (secondary N) is 1. The van der Waals surface area contributed by atoms with Crippen LogP contribution in [0.3, 0.4) is 0 Å². The maximum atomic E-state index is 11.2. The molecule has 2 rings (SSSR count). The van der Waals surface area contributed by atoms with Gasteiger partial charge in [-0.1, -0.05) is 15.9 Å². The standard InChI is InChI=1S/C9H9BrN2O/c10-6-1-2-8-5(3-6)4-7(11)9(13)12-8/h1-3,7H,4,11H2,(H,12,13)/t7-/m0/s1. The van der Waals surface area contributed by atoms with E-state index in [1.807, 2.05) is 18.2 Å². The Kier molecular flexibility index (Phi) is 2.09. The second kappa shape index (κ2) is 3.12. The topological polar surface area (TPSA) is 55.1 Å². The molecule has 3 N–H and O–H groups in total. The molecule has 0 radical (unpaired) electrons. The number of anilines is 1. The number of nitrogens with two attached hydrogens (primary N) is 1. The molecule has 1 amide bonds. The minimum absolute atomic E-state index is 0.102. The van der Waals surface area contributed by atoms with E-state index in [-0.39, 0.29) is 5.91 Å². The summed E-state index contributed by atoms with van der Waals surface area (Å²) in [6, 6.07) is 5.34. The zero-order valence-electron chi connectivity index (χ0n) is 6.88. The molecule has 1 aromatic carbocycles.